The van der Waals surface area contributed by atoms with Gasteiger partial charge in [0, 0.05) is 12.6 Å². The first-order valence-electron chi connectivity index (χ1n) is 6.74. The lowest BCUT2D eigenvalue weighted by Crippen LogP contribution is -2.48. The molecule has 2 N–H and O–H groups in total. The summed E-state index contributed by atoms with van der Waals surface area (Å²) in [6, 6.07) is 6.30. The van der Waals surface area contributed by atoms with Crippen LogP contribution >= 0.6 is 0 Å². The minimum Gasteiger partial charge on any atom is -0.494 e. The maximum absolute atomic E-state index is 12.1. The number of nitrogens with one attached hydrogen (secondary N) is 2. The molecule has 0 heterocycles. The maximum atomic E-state index is 12.1. The van der Waals surface area contributed by atoms with Gasteiger partial charge in [0.05, 0.1) is 6.61 Å². The van der Waals surface area contributed by atoms with Crippen LogP contribution in [0, 0.1) is 5.92 Å². The first kappa shape index (κ1) is 16.0. The van der Waals surface area contributed by atoms with Gasteiger partial charge in [-0.15, -0.1) is 0 Å². The average Bonchev–Trinajstić information content (AvgIpc) is 2.44. The van der Waals surface area contributed by atoms with Gasteiger partial charge in [-0.25, -0.2) is 0 Å². The number of amides is 2. The zero-order valence-electron chi connectivity index (χ0n) is 12.4. The molecule has 1 aromatic rings. The van der Waals surface area contributed by atoms with Crippen LogP contribution in [0.25, 0.3) is 0 Å². The van der Waals surface area contributed by atoms with Gasteiger partial charge in [0.1, 0.15) is 11.8 Å². The molecule has 1 aromatic carbocycles. The standard InChI is InChI=1S/C15H22N2O3/c1-5-20-12-8-6-11(7-9-12)14(18)17-13(10(2)3)15(19)16-4/h6-10,13H,5H2,1-4H3,(H,16,19)(H,17,18). The van der Waals surface area contributed by atoms with Crippen LogP contribution < -0.4 is 15.4 Å². The highest BCUT2D eigenvalue weighted by Crippen LogP contribution is 2.12. The number of benzene rings is 1. The van der Waals surface area contributed by atoms with E-state index in [0.29, 0.717) is 12.2 Å². The van der Waals surface area contributed by atoms with Crippen LogP contribution in [-0.4, -0.2) is 31.5 Å². The predicted molar refractivity (Wildman–Crippen MR) is 77.8 cm³/mol. The van der Waals surface area contributed by atoms with E-state index in [1.54, 1.807) is 31.3 Å². The van der Waals surface area contributed by atoms with Crippen LogP contribution in [0.2, 0.25) is 0 Å². The zero-order chi connectivity index (χ0) is 15.1. The molecular weight excluding hydrogens is 256 g/mol. The molecule has 0 aliphatic rings. The topological polar surface area (TPSA) is 67.4 Å². The van der Waals surface area contributed by atoms with E-state index in [4.69, 9.17) is 4.74 Å². The van der Waals surface area contributed by atoms with Crippen molar-refractivity contribution in [3.8, 4) is 5.75 Å². The second-order valence-electron chi connectivity index (χ2n) is 4.77. The summed E-state index contributed by atoms with van der Waals surface area (Å²) < 4.78 is 5.32. The number of ether oxygens (including phenoxy) is 1. The zero-order valence-corrected chi connectivity index (χ0v) is 12.4. The largest absolute Gasteiger partial charge is 0.494 e. The first-order valence-corrected chi connectivity index (χ1v) is 6.74. The lowest BCUT2D eigenvalue weighted by Gasteiger charge is -2.20. The second-order valence-corrected chi connectivity index (χ2v) is 4.77. The molecule has 1 atom stereocenters. The highest BCUT2D eigenvalue weighted by molar-refractivity contribution is 5.97. The molecular formula is C15H22N2O3. The molecule has 0 saturated heterocycles. The summed E-state index contributed by atoms with van der Waals surface area (Å²) in [5, 5.41) is 5.30. The van der Waals surface area contributed by atoms with E-state index >= 15 is 0 Å². The molecule has 0 aliphatic heterocycles. The van der Waals surface area contributed by atoms with Gasteiger partial charge < -0.3 is 15.4 Å². The third kappa shape index (κ3) is 4.26. The Kier molecular flexibility index (Phi) is 6.03. The van der Waals surface area contributed by atoms with E-state index < -0.39 is 6.04 Å². The smallest absolute Gasteiger partial charge is 0.251 e. The molecule has 20 heavy (non-hydrogen) atoms. The van der Waals surface area contributed by atoms with Crippen molar-refractivity contribution in [2.45, 2.75) is 26.8 Å². The Morgan fingerprint density at radius 2 is 1.80 bits per heavy atom. The van der Waals surface area contributed by atoms with E-state index in [9.17, 15) is 9.59 Å². The van der Waals surface area contributed by atoms with Crippen molar-refractivity contribution in [2.24, 2.45) is 5.92 Å². The van der Waals surface area contributed by atoms with Crippen molar-refractivity contribution in [1.82, 2.24) is 10.6 Å². The number of likely N-dealkylation sites (N-methyl/N-ethyl adjacent to an activating group) is 1. The minimum absolute atomic E-state index is 0.0154. The molecule has 0 bridgehead atoms. The SMILES string of the molecule is CCOc1ccc(C(=O)NC(C(=O)NC)C(C)C)cc1. The van der Waals surface area contributed by atoms with Gasteiger partial charge in [0.2, 0.25) is 5.91 Å². The number of rotatable bonds is 6. The summed E-state index contributed by atoms with van der Waals surface area (Å²) in [6.45, 7) is 6.26. The lowest BCUT2D eigenvalue weighted by molar-refractivity contribution is -0.123. The summed E-state index contributed by atoms with van der Waals surface area (Å²) in [5.74, 6) is 0.270. The van der Waals surface area contributed by atoms with E-state index in [2.05, 4.69) is 10.6 Å². The molecule has 110 valence electrons. The third-order valence-corrected chi connectivity index (χ3v) is 2.91. The fourth-order valence-electron chi connectivity index (χ4n) is 1.78. The summed E-state index contributed by atoms with van der Waals surface area (Å²) in [6.07, 6.45) is 0. The Balaban J connectivity index is 2.76. The maximum Gasteiger partial charge on any atom is 0.251 e. The second kappa shape index (κ2) is 7.53. The van der Waals surface area contributed by atoms with Crippen LogP contribution in [-0.2, 0) is 4.79 Å². The van der Waals surface area contributed by atoms with Gasteiger partial charge in [-0.2, -0.15) is 0 Å². The van der Waals surface area contributed by atoms with Crippen LogP contribution in [0.5, 0.6) is 5.75 Å². The van der Waals surface area contributed by atoms with E-state index in [1.807, 2.05) is 20.8 Å². The fourth-order valence-corrected chi connectivity index (χ4v) is 1.78. The van der Waals surface area contributed by atoms with E-state index in [-0.39, 0.29) is 17.7 Å². The minimum atomic E-state index is -0.543. The van der Waals surface area contributed by atoms with Crippen molar-refractivity contribution >= 4 is 11.8 Å². The van der Waals surface area contributed by atoms with Gasteiger partial charge in [0.25, 0.3) is 5.91 Å². The van der Waals surface area contributed by atoms with Gasteiger partial charge in [-0.05, 0) is 37.1 Å². The molecule has 0 radical (unpaired) electrons. The summed E-state index contributed by atoms with van der Waals surface area (Å²) in [5.41, 5.74) is 0.503. The normalized spacial score (nSPS) is 11.8. The highest BCUT2D eigenvalue weighted by Gasteiger charge is 2.23. The molecule has 0 aromatic heterocycles. The van der Waals surface area contributed by atoms with Crippen molar-refractivity contribution < 1.29 is 14.3 Å². The highest BCUT2D eigenvalue weighted by atomic mass is 16.5. The lowest BCUT2D eigenvalue weighted by atomic mass is 10.0. The van der Waals surface area contributed by atoms with Gasteiger partial charge in [-0.3, -0.25) is 9.59 Å². The van der Waals surface area contributed by atoms with Gasteiger partial charge in [-0.1, -0.05) is 13.8 Å². The number of hydrogen-bond donors (Lipinski definition) is 2. The molecule has 0 spiro atoms. The van der Waals surface area contributed by atoms with E-state index in [0.717, 1.165) is 5.75 Å². The Bertz CT molecular complexity index is 455. The molecule has 0 fully saturated rings. The Labute approximate surface area is 119 Å². The summed E-state index contributed by atoms with van der Waals surface area (Å²) >= 11 is 0. The Morgan fingerprint density at radius 1 is 1.20 bits per heavy atom. The molecule has 2 amide bonds. The number of carbonyl (C=O) groups is 2. The van der Waals surface area contributed by atoms with E-state index in [1.165, 1.54) is 0 Å². The number of hydrogen-bond acceptors (Lipinski definition) is 3. The Hall–Kier alpha value is -2.04. The van der Waals surface area contributed by atoms with Crippen molar-refractivity contribution in [2.75, 3.05) is 13.7 Å². The van der Waals surface area contributed by atoms with Gasteiger partial charge in [0.15, 0.2) is 0 Å². The van der Waals surface area contributed by atoms with Crippen molar-refractivity contribution in [3.63, 3.8) is 0 Å². The molecule has 0 aliphatic carbocycles. The van der Waals surface area contributed by atoms with Crippen LogP contribution in [0.3, 0.4) is 0 Å². The van der Waals surface area contributed by atoms with Crippen LogP contribution in [0.4, 0.5) is 0 Å². The van der Waals surface area contributed by atoms with Gasteiger partial charge >= 0.3 is 0 Å². The molecule has 1 unspecified atom stereocenters. The Morgan fingerprint density at radius 3 is 2.25 bits per heavy atom. The summed E-state index contributed by atoms with van der Waals surface area (Å²) in [4.78, 5) is 23.8. The number of carbonyl (C=O) groups excluding carboxylic acids is 2. The quantitative estimate of drug-likeness (QED) is 0.830. The third-order valence-electron chi connectivity index (χ3n) is 2.91. The van der Waals surface area contributed by atoms with Crippen molar-refractivity contribution in [3.05, 3.63) is 29.8 Å². The van der Waals surface area contributed by atoms with Crippen LogP contribution in [0.1, 0.15) is 31.1 Å². The molecule has 5 heteroatoms. The molecule has 1 rings (SSSR count). The molecule has 0 saturated carbocycles. The first-order chi connectivity index (χ1) is 9.49. The average molecular weight is 278 g/mol. The van der Waals surface area contributed by atoms with Crippen molar-refractivity contribution in [1.29, 1.82) is 0 Å². The monoisotopic (exact) mass is 278 g/mol. The fraction of sp³-hybridized carbons (Fsp3) is 0.467. The predicted octanol–water partition coefficient (Wildman–Crippen LogP) is 1.59. The summed E-state index contributed by atoms with van der Waals surface area (Å²) in [7, 11) is 1.56. The van der Waals surface area contributed by atoms with Crippen LogP contribution in [0.15, 0.2) is 24.3 Å². The molecule has 5 nitrogen and oxygen atoms in total.